The van der Waals surface area contributed by atoms with Crippen molar-refractivity contribution in [2.45, 2.75) is 39.7 Å². The first-order valence-corrected chi connectivity index (χ1v) is 6.73. The molecular formula is C15H25NO2. The molecule has 1 unspecified atom stereocenters. The van der Waals surface area contributed by atoms with Crippen LogP contribution < -0.4 is 15.2 Å². The van der Waals surface area contributed by atoms with E-state index in [1.807, 2.05) is 31.2 Å². The van der Waals surface area contributed by atoms with E-state index in [0.717, 1.165) is 24.3 Å². The molecule has 3 nitrogen and oxygen atoms in total. The Kier molecular flexibility index (Phi) is 6.58. The highest BCUT2D eigenvalue weighted by Gasteiger charge is 2.07. The minimum Gasteiger partial charge on any atom is -0.490 e. The fourth-order valence-electron chi connectivity index (χ4n) is 1.89. The highest BCUT2D eigenvalue weighted by molar-refractivity contribution is 5.39. The van der Waals surface area contributed by atoms with Crippen molar-refractivity contribution in [2.24, 2.45) is 11.7 Å². The van der Waals surface area contributed by atoms with Crippen LogP contribution in [0.5, 0.6) is 11.5 Å². The third-order valence-corrected chi connectivity index (χ3v) is 2.67. The summed E-state index contributed by atoms with van der Waals surface area (Å²) in [6.45, 7) is 7.62. The molecule has 0 radical (unpaired) electrons. The minimum absolute atomic E-state index is 0.212. The van der Waals surface area contributed by atoms with Crippen LogP contribution in [0.2, 0.25) is 0 Å². The molecule has 0 saturated heterocycles. The van der Waals surface area contributed by atoms with E-state index in [1.165, 1.54) is 0 Å². The average Bonchev–Trinajstić information content (AvgIpc) is 2.30. The van der Waals surface area contributed by atoms with E-state index in [1.54, 1.807) is 0 Å². The van der Waals surface area contributed by atoms with Gasteiger partial charge in [-0.2, -0.15) is 0 Å². The predicted molar refractivity (Wildman–Crippen MR) is 75.2 cm³/mol. The van der Waals surface area contributed by atoms with Crippen molar-refractivity contribution in [3.8, 4) is 11.5 Å². The summed E-state index contributed by atoms with van der Waals surface area (Å²) in [5, 5.41) is 0. The van der Waals surface area contributed by atoms with Crippen LogP contribution in [-0.4, -0.2) is 19.3 Å². The third-order valence-electron chi connectivity index (χ3n) is 2.67. The van der Waals surface area contributed by atoms with Crippen molar-refractivity contribution in [1.29, 1.82) is 0 Å². The number of ether oxygens (including phenoxy) is 2. The van der Waals surface area contributed by atoms with Crippen LogP contribution in [0.3, 0.4) is 0 Å². The highest BCUT2D eigenvalue weighted by Crippen LogP contribution is 2.26. The molecule has 2 N–H and O–H groups in total. The summed E-state index contributed by atoms with van der Waals surface area (Å²) in [6.07, 6.45) is 1.91. The third kappa shape index (κ3) is 5.41. The van der Waals surface area contributed by atoms with E-state index in [0.29, 0.717) is 19.1 Å². The molecule has 0 saturated carbocycles. The molecule has 0 bridgehead atoms. The molecule has 0 fully saturated rings. The molecule has 0 aromatic heterocycles. The molecule has 0 amide bonds. The molecule has 102 valence electrons. The Balaban J connectivity index is 2.39. The Labute approximate surface area is 110 Å². The Bertz CT molecular complexity index is 339. The predicted octanol–water partition coefficient (Wildman–Crippen LogP) is 3.23. The van der Waals surface area contributed by atoms with Crippen molar-refractivity contribution in [2.75, 3.05) is 13.2 Å². The number of benzene rings is 1. The fourth-order valence-corrected chi connectivity index (χ4v) is 1.89. The lowest BCUT2D eigenvalue weighted by molar-refractivity contribution is 0.262. The summed E-state index contributed by atoms with van der Waals surface area (Å²) >= 11 is 0. The number of nitrogens with two attached hydrogens (primary N) is 1. The molecule has 1 aromatic carbocycles. The fraction of sp³-hybridized carbons (Fsp3) is 0.600. The maximum Gasteiger partial charge on any atom is 0.161 e. The number of para-hydroxylation sites is 2. The minimum atomic E-state index is 0.212. The zero-order valence-electron chi connectivity index (χ0n) is 11.7. The summed E-state index contributed by atoms with van der Waals surface area (Å²) in [5.74, 6) is 2.24. The van der Waals surface area contributed by atoms with E-state index in [4.69, 9.17) is 15.2 Å². The first-order chi connectivity index (χ1) is 8.63. The summed E-state index contributed by atoms with van der Waals surface area (Å²) in [6, 6.07) is 7.96. The number of hydrogen-bond donors (Lipinski definition) is 1. The van der Waals surface area contributed by atoms with E-state index >= 15 is 0 Å². The van der Waals surface area contributed by atoms with Crippen LogP contribution in [-0.2, 0) is 0 Å². The standard InChI is InChI=1S/C15H25NO2/c1-4-17-14-7-5-6-8-15(14)18-10-9-13(16)11-12(2)3/h5-8,12-13H,4,9-11,16H2,1-3H3. The molecule has 18 heavy (non-hydrogen) atoms. The van der Waals surface area contributed by atoms with Crippen LogP contribution in [0.4, 0.5) is 0 Å². The largest absolute Gasteiger partial charge is 0.490 e. The highest BCUT2D eigenvalue weighted by atomic mass is 16.5. The quantitative estimate of drug-likeness (QED) is 0.771. The number of hydrogen-bond acceptors (Lipinski definition) is 3. The molecule has 0 aliphatic rings. The zero-order chi connectivity index (χ0) is 13.4. The van der Waals surface area contributed by atoms with Gasteiger partial charge in [0.05, 0.1) is 13.2 Å². The number of rotatable bonds is 8. The van der Waals surface area contributed by atoms with E-state index in [9.17, 15) is 0 Å². The first-order valence-electron chi connectivity index (χ1n) is 6.73. The van der Waals surface area contributed by atoms with Gasteiger partial charge in [0.1, 0.15) is 0 Å². The molecule has 0 spiro atoms. The molecule has 1 aromatic rings. The van der Waals surface area contributed by atoms with Crippen molar-refractivity contribution in [3.05, 3.63) is 24.3 Å². The second-order valence-corrected chi connectivity index (χ2v) is 4.91. The molecule has 3 heteroatoms. The van der Waals surface area contributed by atoms with Gasteiger partial charge in [0.15, 0.2) is 11.5 Å². The van der Waals surface area contributed by atoms with Gasteiger partial charge in [-0.3, -0.25) is 0 Å². The topological polar surface area (TPSA) is 44.5 Å². The van der Waals surface area contributed by atoms with Gasteiger partial charge < -0.3 is 15.2 Å². The van der Waals surface area contributed by atoms with E-state index < -0.39 is 0 Å². The second kappa shape index (κ2) is 7.98. The lowest BCUT2D eigenvalue weighted by Gasteiger charge is -2.15. The molecule has 0 aliphatic carbocycles. The summed E-state index contributed by atoms with van der Waals surface area (Å²) in [7, 11) is 0. The normalized spacial score (nSPS) is 12.5. The van der Waals surface area contributed by atoms with Crippen LogP contribution in [0, 0.1) is 5.92 Å². The monoisotopic (exact) mass is 251 g/mol. The van der Waals surface area contributed by atoms with Crippen LogP contribution in [0.1, 0.15) is 33.6 Å². The van der Waals surface area contributed by atoms with Crippen molar-refractivity contribution in [1.82, 2.24) is 0 Å². The molecule has 0 heterocycles. The first kappa shape index (κ1) is 14.8. The van der Waals surface area contributed by atoms with Crippen molar-refractivity contribution in [3.63, 3.8) is 0 Å². The van der Waals surface area contributed by atoms with Gasteiger partial charge in [-0.15, -0.1) is 0 Å². The molecule has 1 atom stereocenters. The molecular weight excluding hydrogens is 226 g/mol. The van der Waals surface area contributed by atoms with E-state index in [-0.39, 0.29) is 6.04 Å². The lowest BCUT2D eigenvalue weighted by Crippen LogP contribution is -2.24. The summed E-state index contributed by atoms with van der Waals surface area (Å²) in [5.41, 5.74) is 6.02. The van der Waals surface area contributed by atoms with Gasteiger partial charge in [-0.05, 0) is 37.8 Å². The van der Waals surface area contributed by atoms with Gasteiger partial charge in [-0.1, -0.05) is 26.0 Å². The van der Waals surface area contributed by atoms with Gasteiger partial charge >= 0.3 is 0 Å². The Morgan fingerprint density at radius 2 is 1.72 bits per heavy atom. The Morgan fingerprint density at radius 3 is 2.28 bits per heavy atom. The van der Waals surface area contributed by atoms with Crippen LogP contribution in [0.25, 0.3) is 0 Å². The van der Waals surface area contributed by atoms with Gasteiger partial charge in [0, 0.05) is 6.04 Å². The average molecular weight is 251 g/mol. The maximum atomic E-state index is 6.02. The Morgan fingerprint density at radius 1 is 1.11 bits per heavy atom. The SMILES string of the molecule is CCOc1ccccc1OCCC(N)CC(C)C. The second-order valence-electron chi connectivity index (χ2n) is 4.91. The summed E-state index contributed by atoms with van der Waals surface area (Å²) < 4.78 is 11.2. The summed E-state index contributed by atoms with van der Waals surface area (Å²) in [4.78, 5) is 0. The van der Waals surface area contributed by atoms with Gasteiger partial charge in [0.25, 0.3) is 0 Å². The Hall–Kier alpha value is -1.22. The smallest absolute Gasteiger partial charge is 0.161 e. The van der Waals surface area contributed by atoms with Gasteiger partial charge in [0.2, 0.25) is 0 Å². The zero-order valence-corrected chi connectivity index (χ0v) is 11.7. The van der Waals surface area contributed by atoms with Crippen LogP contribution >= 0.6 is 0 Å². The van der Waals surface area contributed by atoms with E-state index in [2.05, 4.69) is 13.8 Å². The maximum absolute atomic E-state index is 6.02. The van der Waals surface area contributed by atoms with Gasteiger partial charge in [-0.25, -0.2) is 0 Å². The van der Waals surface area contributed by atoms with Crippen LogP contribution in [0.15, 0.2) is 24.3 Å². The molecule has 1 rings (SSSR count). The lowest BCUT2D eigenvalue weighted by atomic mass is 10.0. The molecule has 0 aliphatic heterocycles. The van der Waals surface area contributed by atoms with Crippen molar-refractivity contribution >= 4 is 0 Å². The van der Waals surface area contributed by atoms with Crippen molar-refractivity contribution < 1.29 is 9.47 Å².